The van der Waals surface area contributed by atoms with Gasteiger partial charge in [0, 0.05) is 12.6 Å². The predicted molar refractivity (Wildman–Crippen MR) is 121 cm³/mol. The number of hydrogen-bond acceptors (Lipinski definition) is 5. The zero-order chi connectivity index (χ0) is 21.5. The van der Waals surface area contributed by atoms with Gasteiger partial charge in [-0.1, -0.05) is 49.0 Å². The molecule has 0 saturated heterocycles. The normalized spacial score (nSPS) is 12.0. The highest BCUT2D eigenvalue weighted by Crippen LogP contribution is 2.22. The highest BCUT2D eigenvalue weighted by Gasteiger charge is 2.16. The second-order valence-electron chi connectivity index (χ2n) is 7.04. The Bertz CT molecular complexity index is 1080. The van der Waals surface area contributed by atoms with Gasteiger partial charge < -0.3 is 10.1 Å². The lowest BCUT2D eigenvalue weighted by Crippen LogP contribution is -2.29. The summed E-state index contributed by atoms with van der Waals surface area (Å²) in [7, 11) is 1.64. The van der Waals surface area contributed by atoms with Crippen LogP contribution in [0.5, 0.6) is 5.75 Å². The largest absolute Gasteiger partial charge is 0.496 e. The number of benzene rings is 2. The summed E-state index contributed by atoms with van der Waals surface area (Å²) in [5, 5.41) is 4.11. The monoisotopic (exact) mass is 425 g/mol. The molecular weight excluding hydrogens is 398 g/mol. The number of nitrogens with one attached hydrogen (secondary N) is 1. The van der Waals surface area contributed by atoms with Crippen LogP contribution in [0.4, 0.5) is 0 Å². The molecule has 0 spiro atoms. The first kappa shape index (κ1) is 21.9. The van der Waals surface area contributed by atoms with Crippen molar-refractivity contribution >= 4 is 28.6 Å². The summed E-state index contributed by atoms with van der Waals surface area (Å²) in [6.07, 6.45) is 1.49. The number of para-hydroxylation sites is 2. The molecular formula is C23H27N3O3S. The molecule has 1 atom stereocenters. The lowest BCUT2D eigenvalue weighted by Gasteiger charge is -2.18. The number of rotatable bonds is 9. The van der Waals surface area contributed by atoms with E-state index in [-0.39, 0.29) is 23.3 Å². The summed E-state index contributed by atoms with van der Waals surface area (Å²) in [5.41, 5.74) is 1.64. The maximum Gasteiger partial charge on any atom is 0.262 e. The van der Waals surface area contributed by atoms with Crippen molar-refractivity contribution in [2.75, 3.05) is 19.4 Å². The molecule has 30 heavy (non-hydrogen) atoms. The molecule has 0 aliphatic rings. The first-order chi connectivity index (χ1) is 14.5. The summed E-state index contributed by atoms with van der Waals surface area (Å²) in [4.78, 5) is 30.0. The van der Waals surface area contributed by atoms with Crippen molar-refractivity contribution in [3.63, 3.8) is 0 Å². The van der Waals surface area contributed by atoms with Gasteiger partial charge in [-0.05, 0) is 43.5 Å². The average Bonchev–Trinajstić information content (AvgIpc) is 2.77. The molecule has 0 aliphatic heterocycles. The molecule has 0 saturated carbocycles. The van der Waals surface area contributed by atoms with Crippen molar-refractivity contribution in [2.24, 2.45) is 0 Å². The van der Waals surface area contributed by atoms with E-state index in [1.54, 1.807) is 17.7 Å². The number of amides is 1. The van der Waals surface area contributed by atoms with E-state index in [1.165, 1.54) is 11.8 Å². The summed E-state index contributed by atoms with van der Waals surface area (Å²) in [5.74, 6) is 0.930. The molecule has 1 heterocycles. The molecule has 6 nitrogen and oxygen atoms in total. The van der Waals surface area contributed by atoms with Gasteiger partial charge >= 0.3 is 0 Å². The van der Waals surface area contributed by atoms with E-state index in [4.69, 9.17) is 4.74 Å². The number of methoxy groups -OCH3 is 1. The molecule has 1 N–H and O–H groups in total. The third kappa shape index (κ3) is 5.02. The van der Waals surface area contributed by atoms with E-state index in [9.17, 15) is 9.59 Å². The quantitative estimate of drug-likeness (QED) is 0.417. The molecule has 1 amide bonds. The van der Waals surface area contributed by atoms with Crippen LogP contribution in [0.3, 0.4) is 0 Å². The van der Waals surface area contributed by atoms with Crippen molar-refractivity contribution in [1.82, 2.24) is 14.9 Å². The Morgan fingerprint density at radius 1 is 1.20 bits per heavy atom. The van der Waals surface area contributed by atoms with Gasteiger partial charge in [0.25, 0.3) is 5.56 Å². The summed E-state index contributed by atoms with van der Waals surface area (Å²) in [6.45, 7) is 4.55. The van der Waals surface area contributed by atoms with Crippen LogP contribution in [0.1, 0.15) is 31.9 Å². The third-order valence-corrected chi connectivity index (χ3v) is 6.00. The Hall–Kier alpha value is -2.80. The van der Waals surface area contributed by atoms with E-state index in [0.29, 0.717) is 29.0 Å². The molecule has 7 heteroatoms. The Morgan fingerprint density at radius 3 is 2.70 bits per heavy atom. The average molecular weight is 426 g/mol. The van der Waals surface area contributed by atoms with Crippen LogP contribution in [0, 0.1) is 0 Å². The molecule has 3 aromatic rings. The topological polar surface area (TPSA) is 73.2 Å². The fourth-order valence-corrected chi connectivity index (χ4v) is 4.15. The Labute approximate surface area is 180 Å². The molecule has 158 valence electrons. The summed E-state index contributed by atoms with van der Waals surface area (Å²) < 4.78 is 7.05. The van der Waals surface area contributed by atoms with Gasteiger partial charge in [0.2, 0.25) is 5.91 Å². The van der Waals surface area contributed by atoms with Crippen LogP contribution in [0.2, 0.25) is 0 Å². The number of hydrogen-bond donors (Lipinski definition) is 1. The second-order valence-corrected chi connectivity index (χ2v) is 7.99. The van der Waals surface area contributed by atoms with Crippen LogP contribution in [-0.2, 0) is 11.2 Å². The second kappa shape index (κ2) is 10.3. The van der Waals surface area contributed by atoms with Crippen molar-refractivity contribution in [1.29, 1.82) is 0 Å². The van der Waals surface area contributed by atoms with Gasteiger partial charge in [0.05, 0.1) is 23.8 Å². The third-order valence-electron chi connectivity index (χ3n) is 5.05. The number of carbonyl (C=O) groups excluding carboxylic acids is 1. The molecule has 0 unspecified atom stereocenters. The van der Waals surface area contributed by atoms with Crippen LogP contribution in [0.15, 0.2) is 58.5 Å². The molecule has 0 fully saturated rings. The Balaban J connectivity index is 1.67. The number of ether oxygens (including phenoxy) is 1. The van der Waals surface area contributed by atoms with Gasteiger partial charge in [-0.15, -0.1) is 0 Å². The number of carbonyl (C=O) groups is 1. The predicted octanol–water partition coefficient (Wildman–Crippen LogP) is 3.83. The standard InChI is InChI=1S/C23H27N3O3S/c1-4-16(2)26-22(28)18-10-6-7-11-19(18)25-23(26)30-15-21(27)24-14-13-17-9-5-8-12-20(17)29-3/h5-12,16H,4,13-15H2,1-3H3,(H,24,27)/t16-/m1/s1. The highest BCUT2D eigenvalue weighted by atomic mass is 32.2. The first-order valence-corrected chi connectivity index (χ1v) is 11.1. The minimum atomic E-state index is -0.0898. The van der Waals surface area contributed by atoms with E-state index < -0.39 is 0 Å². The zero-order valence-corrected chi connectivity index (χ0v) is 18.4. The summed E-state index contributed by atoms with van der Waals surface area (Å²) in [6, 6.07) is 15.1. The van der Waals surface area contributed by atoms with Gasteiger partial charge in [-0.3, -0.25) is 14.2 Å². The molecule has 0 aliphatic carbocycles. The fourth-order valence-electron chi connectivity index (χ4n) is 3.23. The van der Waals surface area contributed by atoms with Crippen molar-refractivity contribution in [3.8, 4) is 5.75 Å². The van der Waals surface area contributed by atoms with Gasteiger partial charge in [-0.25, -0.2) is 4.98 Å². The molecule has 3 rings (SSSR count). The van der Waals surface area contributed by atoms with E-state index in [2.05, 4.69) is 10.3 Å². The Kier molecular flexibility index (Phi) is 7.52. The van der Waals surface area contributed by atoms with Gasteiger partial charge in [-0.2, -0.15) is 0 Å². The minimum Gasteiger partial charge on any atom is -0.496 e. The van der Waals surface area contributed by atoms with E-state index >= 15 is 0 Å². The first-order valence-electron chi connectivity index (χ1n) is 10.1. The van der Waals surface area contributed by atoms with Crippen LogP contribution < -0.4 is 15.6 Å². The van der Waals surface area contributed by atoms with Crippen molar-refractivity contribution in [2.45, 2.75) is 37.9 Å². The number of thioether (sulfide) groups is 1. The van der Waals surface area contributed by atoms with E-state index in [1.807, 2.05) is 56.3 Å². The number of fused-ring (bicyclic) bond motifs is 1. The lowest BCUT2D eigenvalue weighted by atomic mass is 10.1. The van der Waals surface area contributed by atoms with Gasteiger partial charge in [0.1, 0.15) is 5.75 Å². The molecule has 1 aromatic heterocycles. The molecule has 0 bridgehead atoms. The van der Waals surface area contributed by atoms with Crippen molar-refractivity contribution in [3.05, 3.63) is 64.4 Å². The maximum atomic E-state index is 13.0. The number of aromatic nitrogens is 2. The maximum absolute atomic E-state index is 13.0. The Morgan fingerprint density at radius 2 is 1.93 bits per heavy atom. The zero-order valence-electron chi connectivity index (χ0n) is 17.6. The van der Waals surface area contributed by atoms with E-state index in [0.717, 1.165) is 17.7 Å². The minimum absolute atomic E-state index is 0.00529. The SMILES string of the molecule is CC[C@@H](C)n1c(SCC(=O)NCCc2ccccc2OC)nc2ccccc2c1=O. The van der Waals surface area contributed by atoms with Crippen LogP contribution >= 0.6 is 11.8 Å². The fraction of sp³-hybridized carbons (Fsp3) is 0.348. The summed E-state index contributed by atoms with van der Waals surface area (Å²) >= 11 is 1.30. The van der Waals surface area contributed by atoms with Crippen molar-refractivity contribution < 1.29 is 9.53 Å². The van der Waals surface area contributed by atoms with Crippen LogP contribution in [0.25, 0.3) is 10.9 Å². The lowest BCUT2D eigenvalue weighted by molar-refractivity contribution is -0.118. The van der Waals surface area contributed by atoms with Gasteiger partial charge in [0.15, 0.2) is 5.16 Å². The number of nitrogens with zero attached hydrogens (tertiary/aromatic N) is 2. The molecule has 0 radical (unpaired) electrons. The smallest absolute Gasteiger partial charge is 0.262 e. The molecule has 2 aromatic carbocycles. The van der Waals surface area contributed by atoms with Crippen LogP contribution in [-0.4, -0.2) is 34.9 Å². The highest BCUT2D eigenvalue weighted by molar-refractivity contribution is 7.99.